The molecule has 0 fully saturated rings. The van der Waals surface area contributed by atoms with Crippen molar-refractivity contribution in [2.45, 2.75) is 19.4 Å². The highest BCUT2D eigenvalue weighted by molar-refractivity contribution is 5.84. The zero-order valence-corrected chi connectivity index (χ0v) is 10.6. The van der Waals surface area contributed by atoms with Gasteiger partial charge in [-0.1, -0.05) is 30.2 Å². The summed E-state index contributed by atoms with van der Waals surface area (Å²) < 4.78 is 0. The molecule has 0 radical (unpaired) electrons. The number of hydrogen-bond acceptors (Lipinski definition) is 2. The number of nitrogens with zero attached hydrogens (tertiary/aromatic N) is 1. The predicted molar refractivity (Wildman–Crippen MR) is 72.0 cm³/mol. The first-order valence-corrected chi connectivity index (χ1v) is 6.31. The van der Waals surface area contributed by atoms with Crippen LogP contribution in [0, 0.1) is 12.3 Å². The summed E-state index contributed by atoms with van der Waals surface area (Å²) in [5.41, 5.74) is 2.34. The minimum absolute atomic E-state index is 0.0719. The summed E-state index contributed by atoms with van der Waals surface area (Å²) in [6.45, 7) is 3.80. The number of amides is 1. The number of terminal acetylenes is 1. The van der Waals surface area contributed by atoms with Crippen molar-refractivity contribution in [2.24, 2.45) is 0 Å². The van der Waals surface area contributed by atoms with Gasteiger partial charge in [-0.15, -0.1) is 6.42 Å². The number of likely N-dealkylation sites (N-methyl/N-ethyl adjacent to an activating group) is 1. The van der Waals surface area contributed by atoms with Gasteiger partial charge in [0.1, 0.15) is 6.04 Å². The molecule has 3 nitrogen and oxygen atoms in total. The number of hydrogen-bond donors (Lipinski definition) is 1. The second-order valence-corrected chi connectivity index (χ2v) is 4.39. The molecular formula is C15H18N2O. The Bertz CT molecular complexity index is 476. The van der Waals surface area contributed by atoms with Crippen molar-refractivity contribution in [3.05, 3.63) is 35.4 Å². The lowest BCUT2D eigenvalue weighted by Crippen LogP contribution is -2.43. The lowest BCUT2D eigenvalue weighted by atomic mass is 9.93. The van der Waals surface area contributed by atoms with Crippen LogP contribution < -0.4 is 5.32 Å². The number of benzene rings is 1. The molecule has 1 N–H and O–H groups in total. The number of rotatable bonds is 3. The molecule has 1 aliphatic rings. The molecule has 0 saturated heterocycles. The normalized spacial score (nSPS) is 17.7. The molecule has 1 unspecified atom stereocenters. The van der Waals surface area contributed by atoms with E-state index in [9.17, 15) is 4.79 Å². The predicted octanol–water partition coefficient (Wildman–Crippen LogP) is 1.36. The highest BCUT2D eigenvalue weighted by Crippen LogP contribution is 2.24. The number of fused-ring (bicyclic) bond motifs is 1. The van der Waals surface area contributed by atoms with E-state index >= 15 is 0 Å². The van der Waals surface area contributed by atoms with Gasteiger partial charge in [0.2, 0.25) is 5.91 Å². The molecule has 1 heterocycles. The number of nitrogens with one attached hydrogen (secondary N) is 1. The molecule has 0 spiro atoms. The Morgan fingerprint density at radius 1 is 1.56 bits per heavy atom. The Morgan fingerprint density at radius 3 is 3.06 bits per heavy atom. The maximum atomic E-state index is 12.4. The summed E-state index contributed by atoms with van der Waals surface area (Å²) in [6, 6.07) is 7.86. The average Bonchev–Trinajstić information content (AvgIpc) is 2.43. The fourth-order valence-corrected chi connectivity index (χ4v) is 2.36. The van der Waals surface area contributed by atoms with Crippen molar-refractivity contribution >= 4 is 5.91 Å². The van der Waals surface area contributed by atoms with Crippen molar-refractivity contribution in [3.63, 3.8) is 0 Å². The highest BCUT2D eigenvalue weighted by atomic mass is 16.2. The van der Waals surface area contributed by atoms with Crippen molar-refractivity contribution in [2.75, 3.05) is 19.6 Å². The van der Waals surface area contributed by atoms with E-state index in [-0.39, 0.29) is 11.9 Å². The first-order valence-electron chi connectivity index (χ1n) is 6.31. The van der Waals surface area contributed by atoms with Gasteiger partial charge in [-0.05, 0) is 24.5 Å². The third-order valence-electron chi connectivity index (χ3n) is 3.33. The maximum Gasteiger partial charge on any atom is 0.245 e. The molecule has 0 aromatic heterocycles. The second-order valence-electron chi connectivity index (χ2n) is 4.39. The third kappa shape index (κ3) is 2.39. The Hall–Kier alpha value is -1.79. The quantitative estimate of drug-likeness (QED) is 0.812. The van der Waals surface area contributed by atoms with E-state index in [2.05, 4.69) is 17.3 Å². The summed E-state index contributed by atoms with van der Waals surface area (Å²) in [5, 5.41) is 3.29. The van der Waals surface area contributed by atoms with E-state index in [0.717, 1.165) is 18.5 Å². The van der Waals surface area contributed by atoms with Crippen LogP contribution in [-0.4, -0.2) is 30.4 Å². The van der Waals surface area contributed by atoms with Crippen molar-refractivity contribution < 1.29 is 4.79 Å². The van der Waals surface area contributed by atoms with E-state index in [4.69, 9.17) is 6.42 Å². The Morgan fingerprint density at radius 2 is 2.33 bits per heavy atom. The van der Waals surface area contributed by atoms with Gasteiger partial charge >= 0.3 is 0 Å². The number of carbonyl (C=O) groups excluding carboxylic acids is 1. The van der Waals surface area contributed by atoms with Crippen LogP contribution in [0.2, 0.25) is 0 Å². The van der Waals surface area contributed by atoms with E-state index in [1.165, 1.54) is 5.56 Å². The lowest BCUT2D eigenvalue weighted by Gasteiger charge is -2.30. The van der Waals surface area contributed by atoms with E-state index < -0.39 is 0 Å². The van der Waals surface area contributed by atoms with Gasteiger partial charge in [0.25, 0.3) is 0 Å². The molecule has 1 amide bonds. The summed E-state index contributed by atoms with van der Waals surface area (Å²) in [6.07, 6.45) is 6.28. The Kier molecular flexibility index (Phi) is 4.01. The van der Waals surface area contributed by atoms with Crippen molar-refractivity contribution in [3.8, 4) is 12.3 Å². The van der Waals surface area contributed by atoms with Gasteiger partial charge in [-0.2, -0.15) is 0 Å². The molecule has 1 aromatic rings. The van der Waals surface area contributed by atoms with Gasteiger partial charge in [-0.3, -0.25) is 4.79 Å². The summed E-state index contributed by atoms with van der Waals surface area (Å²) in [7, 11) is 0. The van der Waals surface area contributed by atoms with Crippen LogP contribution in [0.5, 0.6) is 0 Å². The van der Waals surface area contributed by atoms with E-state index in [0.29, 0.717) is 13.1 Å². The topological polar surface area (TPSA) is 32.3 Å². The summed E-state index contributed by atoms with van der Waals surface area (Å²) >= 11 is 0. The third-order valence-corrected chi connectivity index (χ3v) is 3.33. The minimum atomic E-state index is -0.247. The van der Waals surface area contributed by atoms with Gasteiger partial charge in [0.15, 0.2) is 0 Å². The molecule has 94 valence electrons. The van der Waals surface area contributed by atoms with Gasteiger partial charge < -0.3 is 10.2 Å². The van der Waals surface area contributed by atoms with Crippen LogP contribution in [0.25, 0.3) is 0 Å². The van der Waals surface area contributed by atoms with Crippen molar-refractivity contribution in [1.29, 1.82) is 0 Å². The van der Waals surface area contributed by atoms with Crippen LogP contribution in [0.1, 0.15) is 24.1 Å². The maximum absolute atomic E-state index is 12.4. The molecule has 0 aliphatic carbocycles. The van der Waals surface area contributed by atoms with E-state index in [1.807, 2.05) is 25.1 Å². The monoisotopic (exact) mass is 242 g/mol. The zero-order valence-electron chi connectivity index (χ0n) is 10.6. The Balaban J connectivity index is 2.25. The van der Waals surface area contributed by atoms with Crippen LogP contribution in [0.3, 0.4) is 0 Å². The molecule has 18 heavy (non-hydrogen) atoms. The van der Waals surface area contributed by atoms with E-state index in [1.54, 1.807) is 4.90 Å². The van der Waals surface area contributed by atoms with Crippen LogP contribution in [-0.2, 0) is 11.2 Å². The number of carbonyl (C=O) groups is 1. The molecule has 1 aromatic carbocycles. The van der Waals surface area contributed by atoms with Crippen molar-refractivity contribution in [1.82, 2.24) is 10.2 Å². The summed E-state index contributed by atoms with van der Waals surface area (Å²) in [4.78, 5) is 14.2. The molecule has 1 atom stereocenters. The summed E-state index contributed by atoms with van der Waals surface area (Å²) in [5.74, 6) is 2.61. The standard InChI is InChI=1S/C15H18N2O/c1-3-11-17(4-2)15(18)14-13-8-6-5-7-12(13)9-10-16-14/h1,5-8,14,16H,4,9-11H2,2H3. The second kappa shape index (κ2) is 5.70. The first-order chi connectivity index (χ1) is 8.77. The highest BCUT2D eigenvalue weighted by Gasteiger charge is 2.28. The molecule has 0 bridgehead atoms. The van der Waals surface area contributed by atoms with Gasteiger partial charge in [-0.25, -0.2) is 0 Å². The van der Waals surface area contributed by atoms with Crippen LogP contribution in [0.4, 0.5) is 0 Å². The van der Waals surface area contributed by atoms with Crippen LogP contribution >= 0.6 is 0 Å². The first kappa shape index (κ1) is 12.7. The fourth-order valence-electron chi connectivity index (χ4n) is 2.36. The molecule has 1 aliphatic heterocycles. The molecule has 3 heteroatoms. The fraction of sp³-hybridized carbons (Fsp3) is 0.400. The Labute approximate surface area is 108 Å². The zero-order chi connectivity index (χ0) is 13.0. The molecule has 2 rings (SSSR count). The SMILES string of the molecule is C#CCN(CC)C(=O)C1NCCc2ccccc21. The largest absolute Gasteiger partial charge is 0.330 e. The molecular weight excluding hydrogens is 224 g/mol. The lowest BCUT2D eigenvalue weighted by molar-refractivity contribution is -0.133. The van der Waals surface area contributed by atoms with Crippen LogP contribution in [0.15, 0.2) is 24.3 Å². The molecule has 0 saturated carbocycles. The van der Waals surface area contributed by atoms with Gasteiger partial charge in [0, 0.05) is 13.1 Å². The smallest absolute Gasteiger partial charge is 0.245 e. The average molecular weight is 242 g/mol. The van der Waals surface area contributed by atoms with Gasteiger partial charge in [0.05, 0.1) is 6.54 Å². The minimum Gasteiger partial charge on any atom is -0.330 e.